The Morgan fingerprint density at radius 2 is 1.93 bits per heavy atom. The van der Waals surface area contributed by atoms with Crippen molar-refractivity contribution in [1.82, 2.24) is 30.2 Å². The monoisotopic (exact) mass is 387 g/mol. The first kappa shape index (κ1) is 19.8. The molecule has 0 unspecified atom stereocenters. The van der Waals surface area contributed by atoms with Gasteiger partial charge >= 0.3 is 6.03 Å². The van der Waals surface area contributed by atoms with Crippen molar-refractivity contribution in [3.05, 3.63) is 29.8 Å². The molecule has 1 aromatic carbocycles. The van der Waals surface area contributed by atoms with Crippen LogP contribution in [0.15, 0.2) is 18.2 Å². The zero-order valence-corrected chi connectivity index (χ0v) is 16.6. The van der Waals surface area contributed by atoms with Gasteiger partial charge in [0, 0.05) is 24.7 Å². The standard InChI is InChI=1S/C19H26FN7O/c1-12-25-26-17-16(23-14-8-7-13(20)11-15(14)27(12)17)21-9-5-6-10-22-18(28)24-19(2,3)4/h7-8,11H,5-6,9-10H2,1-4H3,(H,21,23)(H2,22,24,28). The maximum absolute atomic E-state index is 13.6. The van der Waals surface area contributed by atoms with E-state index in [9.17, 15) is 9.18 Å². The summed E-state index contributed by atoms with van der Waals surface area (Å²) >= 11 is 0. The summed E-state index contributed by atoms with van der Waals surface area (Å²) in [6.45, 7) is 8.90. The molecule has 2 amide bonds. The lowest BCUT2D eigenvalue weighted by Gasteiger charge is -2.20. The van der Waals surface area contributed by atoms with Crippen LogP contribution in [-0.4, -0.2) is 44.2 Å². The van der Waals surface area contributed by atoms with Gasteiger partial charge in [-0.05, 0) is 52.7 Å². The van der Waals surface area contributed by atoms with Gasteiger partial charge in [0.2, 0.25) is 5.65 Å². The lowest BCUT2D eigenvalue weighted by Crippen LogP contribution is -2.46. The van der Waals surface area contributed by atoms with Gasteiger partial charge < -0.3 is 16.0 Å². The molecular weight excluding hydrogens is 361 g/mol. The van der Waals surface area contributed by atoms with Crippen molar-refractivity contribution in [2.75, 3.05) is 18.4 Å². The van der Waals surface area contributed by atoms with E-state index in [-0.39, 0.29) is 17.4 Å². The van der Waals surface area contributed by atoms with E-state index in [2.05, 4.69) is 31.1 Å². The minimum absolute atomic E-state index is 0.162. The maximum Gasteiger partial charge on any atom is 0.315 e. The summed E-state index contributed by atoms with van der Waals surface area (Å²) in [6.07, 6.45) is 1.67. The van der Waals surface area contributed by atoms with Crippen molar-refractivity contribution in [2.24, 2.45) is 0 Å². The van der Waals surface area contributed by atoms with Crippen LogP contribution in [0.4, 0.5) is 15.0 Å². The summed E-state index contributed by atoms with van der Waals surface area (Å²) in [6, 6.07) is 4.30. The van der Waals surface area contributed by atoms with Gasteiger partial charge in [0.15, 0.2) is 5.82 Å². The topological polar surface area (TPSA) is 96.2 Å². The van der Waals surface area contributed by atoms with Crippen LogP contribution in [0.3, 0.4) is 0 Å². The maximum atomic E-state index is 13.6. The van der Waals surface area contributed by atoms with Crippen LogP contribution in [0.1, 0.15) is 39.4 Å². The number of fused-ring (bicyclic) bond motifs is 3. The number of nitrogens with one attached hydrogen (secondary N) is 3. The lowest BCUT2D eigenvalue weighted by molar-refractivity contribution is 0.232. The van der Waals surface area contributed by atoms with Crippen molar-refractivity contribution in [2.45, 2.75) is 46.1 Å². The number of nitrogens with zero attached hydrogens (tertiary/aromatic N) is 4. The Morgan fingerprint density at radius 3 is 2.68 bits per heavy atom. The SMILES string of the molecule is Cc1nnc2c(NCCCCNC(=O)NC(C)(C)C)nc3ccc(F)cc3n12. The molecule has 0 atom stereocenters. The van der Waals surface area contributed by atoms with E-state index in [0.29, 0.717) is 41.4 Å². The summed E-state index contributed by atoms with van der Waals surface area (Å²) < 4.78 is 15.4. The van der Waals surface area contributed by atoms with Gasteiger partial charge in [0.25, 0.3) is 0 Å². The van der Waals surface area contributed by atoms with Gasteiger partial charge in [0.1, 0.15) is 11.6 Å². The molecule has 28 heavy (non-hydrogen) atoms. The van der Waals surface area contributed by atoms with E-state index < -0.39 is 0 Å². The van der Waals surface area contributed by atoms with E-state index in [1.54, 1.807) is 10.5 Å². The van der Waals surface area contributed by atoms with Crippen LogP contribution in [0.5, 0.6) is 0 Å². The van der Waals surface area contributed by atoms with Crippen LogP contribution >= 0.6 is 0 Å². The predicted octanol–water partition coefficient (Wildman–Crippen LogP) is 3.01. The molecule has 2 heterocycles. The summed E-state index contributed by atoms with van der Waals surface area (Å²) in [7, 11) is 0. The molecular formula is C19H26FN7O. The fourth-order valence-electron chi connectivity index (χ4n) is 2.91. The fourth-order valence-corrected chi connectivity index (χ4v) is 2.91. The molecule has 0 spiro atoms. The number of hydrogen-bond donors (Lipinski definition) is 3. The Kier molecular flexibility index (Phi) is 5.62. The smallest absolute Gasteiger partial charge is 0.315 e. The van der Waals surface area contributed by atoms with Crippen LogP contribution in [0.2, 0.25) is 0 Å². The summed E-state index contributed by atoms with van der Waals surface area (Å²) in [5.74, 6) is 0.954. The molecule has 3 aromatic rings. The molecule has 3 rings (SSSR count). The van der Waals surface area contributed by atoms with Gasteiger partial charge in [-0.15, -0.1) is 10.2 Å². The van der Waals surface area contributed by atoms with E-state index in [4.69, 9.17) is 0 Å². The minimum Gasteiger partial charge on any atom is -0.367 e. The second-order valence-corrected chi connectivity index (χ2v) is 7.76. The molecule has 8 nitrogen and oxygen atoms in total. The molecule has 0 aliphatic carbocycles. The summed E-state index contributed by atoms with van der Waals surface area (Å²) in [5, 5.41) is 17.3. The third-order valence-electron chi connectivity index (χ3n) is 4.12. The molecule has 150 valence electrons. The molecule has 9 heteroatoms. The third kappa shape index (κ3) is 4.65. The molecule has 0 fully saturated rings. The van der Waals surface area contributed by atoms with E-state index >= 15 is 0 Å². The van der Waals surface area contributed by atoms with Crippen LogP contribution in [-0.2, 0) is 0 Å². The predicted molar refractivity (Wildman–Crippen MR) is 107 cm³/mol. The largest absolute Gasteiger partial charge is 0.367 e. The van der Waals surface area contributed by atoms with Crippen molar-refractivity contribution in [3.8, 4) is 0 Å². The third-order valence-corrected chi connectivity index (χ3v) is 4.12. The number of unbranched alkanes of at least 4 members (excludes halogenated alkanes) is 1. The molecule has 3 N–H and O–H groups in total. The van der Waals surface area contributed by atoms with Crippen molar-refractivity contribution in [3.63, 3.8) is 0 Å². The molecule has 0 saturated heterocycles. The minimum atomic E-state index is -0.326. The van der Waals surface area contributed by atoms with Crippen LogP contribution < -0.4 is 16.0 Å². The highest BCUT2D eigenvalue weighted by Crippen LogP contribution is 2.22. The summed E-state index contributed by atoms with van der Waals surface area (Å²) in [4.78, 5) is 16.3. The Labute approximate surface area is 162 Å². The number of hydrogen-bond acceptors (Lipinski definition) is 5. The molecule has 0 aliphatic rings. The number of amides is 2. The molecule has 0 bridgehead atoms. The number of carbonyl (C=O) groups is 1. The highest BCUT2D eigenvalue weighted by Gasteiger charge is 2.14. The molecule has 0 aliphatic heterocycles. The van der Waals surface area contributed by atoms with Gasteiger partial charge in [-0.1, -0.05) is 0 Å². The highest BCUT2D eigenvalue weighted by molar-refractivity contribution is 5.83. The van der Waals surface area contributed by atoms with E-state index in [1.165, 1.54) is 12.1 Å². The fraction of sp³-hybridized carbons (Fsp3) is 0.474. The van der Waals surface area contributed by atoms with Crippen LogP contribution in [0.25, 0.3) is 16.7 Å². The molecule has 0 radical (unpaired) electrons. The number of aryl methyl sites for hydroxylation is 1. The van der Waals surface area contributed by atoms with Gasteiger partial charge in [-0.25, -0.2) is 14.2 Å². The number of aromatic nitrogens is 4. The molecule has 2 aromatic heterocycles. The number of anilines is 1. The zero-order chi connectivity index (χ0) is 20.3. The number of carbonyl (C=O) groups excluding carboxylic acids is 1. The Morgan fingerprint density at radius 1 is 1.18 bits per heavy atom. The highest BCUT2D eigenvalue weighted by atomic mass is 19.1. The van der Waals surface area contributed by atoms with Gasteiger partial charge in [0.05, 0.1) is 11.0 Å². The first-order valence-electron chi connectivity index (χ1n) is 9.35. The van der Waals surface area contributed by atoms with Gasteiger partial charge in [-0.2, -0.15) is 0 Å². The van der Waals surface area contributed by atoms with Crippen molar-refractivity contribution >= 4 is 28.5 Å². The van der Waals surface area contributed by atoms with Crippen molar-refractivity contribution in [1.29, 1.82) is 0 Å². The van der Waals surface area contributed by atoms with Crippen LogP contribution in [0, 0.1) is 12.7 Å². The average Bonchev–Trinajstić information content (AvgIpc) is 2.99. The Hall–Kier alpha value is -2.97. The Bertz CT molecular complexity index is 993. The quantitative estimate of drug-likeness (QED) is 0.565. The van der Waals surface area contributed by atoms with Gasteiger partial charge in [-0.3, -0.25) is 4.40 Å². The summed E-state index contributed by atoms with van der Waals surface area (Å²) in [5.41, 5.74) is 1.62. The van der Waals surface area contributed by atoms with Crippen molar-refractivity contribution < 1.29 is 9.18 Å². The normalized spacial score (nSPS) is 11.8. The zero-order valence-electron chi connectivity index (χ0n) is 16.6. The molecule has 0 saturated carbocycles. The number of rotatable bonds is 6. The Balaban J connectivity index is 1.59. The number of benzene rings is 1. The average molecular weight is 387 g/mol. The second kappa shape index (κ2) is 7.95. The number of halogens is 1. The van der Waals surface area contributed by atoms with E-state index in [1.807, 2.05) is 27.7 Å². The second-order valence-electron chi connectivity index (χ2n) is 7.76. The first-order chi connectivity index (χ1) is 13.2. The first-order valence-corrected chi connectivity index (χ1v) is 9.35. The van der Waals surface area contributed by atoms with E-state index in [0.717, 1.165) is 12.8 Å². The number of urea groups is 1. The lowest BCUT2D eigenvalue weighted by atomic mass is 10.1.